The van der Waals surface area contributed by atoms with Crippen LogP contribution in [-0.2, 0) is 13.0 Å². The fraction of sp³-hybridized carbons (Fsp3) is 0.571. The summed E-state index contributed by atoms with van der Waals surface area (Å²) < 4.78 is 0. The largest absolute Gasteiger partial charge is 0.395 e. The standard InChI is InChI=1S/C14H21NO2/c1-2-11-5-3-4-6-12(11)8-15-9-14(17)7-13(15)10-16/h3-6,13-14,16-17H,2,7-10H2,1H3/t13-,14-/m0/s1. The van der Waals surface area contributed by atoms with Gasteiger partial charge in [-0.25, -0.2) is 0 Å². The van der Waals surface area contributed by atoms with Gasteiger partial charge >= 0.3 is 0 Å². The molecule has 1 aromatic carbocycles. The van der Waals surface area contributed by atoms with Crippen molar-refractivity contribution in [3.8, 4) is 0 Å². The number of likely N-dealkylation sites (tertiary alicyclic amines) is 1. The van der Waals surface area contributed by atoms with Crippen LogP contribution in [0.2, 0.25) is 0 Å². The summed E-state index contributed by atoms with van der Waals surface area (Å²) in [6.07, 6.45) is 1.42. The van der Waals surface area contributed by atoms with Gasteiger partial charge in [0.15, 0.2) is 0 Å². The van der Waals surface area contributed by atoms with Gasteiger partial charge in [0.25, 0.3) is 0 Å². The van der Waals surface area contributed by atoms with E-state index >= 15 is 0 Å². The summed E-state index contributed by atoms with van der Waals surface area (Å²) in [6.45, 7) is 3.78. The first-order valence-electron chi connectivity index (χ1n) is 6.34. The third-order valence-electron chi connectivity index (χ3n) is 3.59. The van der Waals surface area contributed by atoms with Gasteiger partial charge in [0.2, 0.25) is 0 Å². The predicted octanol–water partition coefficient (Wildman–Crippen LogP) is 1.18. The van der Waals surface area contributed by atoms with E-state index in [0.717, 1.165) is 13.0 Å². The second-order valence-corrected chi connectivity index (χ2v) is 4.78. The molecule has 2 N–H and O–H groups in total. The Morgan fingerprint density at radius 3 is 2.65 bits per heavy atom. The zero-order valence-electron chi connectivity index (χ0n) is 10.3. The minimum Gasteiger partial charge on any atom is -0.395 e. The van der Waals surface area contributed by atoms with E-state index in [1.54, 1.807) is 0 Å². The van der Waals surface area contributed by atoms with Crippen LogP contribution in [0, 0.1) is 0 Å². The summed E-state index contributed by atoms with van der Waals surface area (Å²) in [5, 5.41) is 19.0. The van der Waals surface area contributed by atoms with Gasteiger partial charge in [0.05, 0.1) is 12.7 Å². The van der Waals surface area contributed by atoms with Crippen molar-refractivity contribution in [2.75, 3.05) is 13.2 Å². The van der Waals surface area contributed by atoms with Crippen molar-refractivity contribution in [3.63, 3.8) is 0 Å². The molecule has 3 heteroatoms. The van der Waals surface area contributed by atoms with Crippen LogP contribution in [0.15, 0.2) is 24.3 Å². The van der Waals surface area contributed by atoms with Crippen LogP contribution < -0.4 is 0 Å². The van der Waals surface area contributed by atoms with Crippen LogP contribution >= 0.6 is 0 Å². The monoisotopic (exact) mass is 235 g/mol. The molecule has 0 aliphatic carbocycles. The maximum absolute atomic E-state index is 9.65. The highest BCUT2D eigenvalue weighted by Gasteiger charge is 2.30. The maximum atomic E-state index is 9.65. The molecule has 0 saturated carbocycles. The Kier molecular flexibility index (Phi) is 4.15. The number of β-amino-alcohol motifs (C(OH)–C–C–N with tert-alkyl or cyclic N) is 1. The molecule has 1 heterocycles. The average Bonchev–Trinajstić information content (AvgIpc) is 2.70. The third-order valence-corrected chi connectivity index (χ3v) is 3.59. The Balaban J connectivity index is 2.09. The molecule has 3 nitrogen and oxygen atoms in total. The van der Waals surface area contributed by atoms with E-state index in [-0.39, 0.29) is 18.8 Å². The molecule has 94 valence electrons. The first kappa shape index (κ1) is 12.6. The van der Waals surface area contributed by atoms with E-state index in [1.165, 1.54) is 11.1 Å². The van der Waals surface area contributed by atoms with Gasteiger partial charge in [-0.3, -0.25) is 4.90 Å². The van der Waals surface area contributed by atoms with Crippen LogP contribution in [0.3, 0.4) is 0 Å². The maximum Gasteiger partial charge on any atom is 0.0683 e. The molecule has 0 radical (unpaired) electrons. The number of aryl methyl sites for hydroxylation is 1. The second kappa shape index (κ2) is 5.63. The molecular weight excluding hydrogens is 214 g/mol. The predicted molar refractivity (Wildman–Crippen MR) is 67.7 cm³/mol. The number of benzene rings is 1. The van der Waals surface area contributed by atoms with Crippen LogP contribution in [0.1, 0.15) is 24.5 Å². The second-order valence-electron chi connectivity index (χ2n) is 4.78. The number of aliphatic hydroxyl groups is 2. The summed E-state index contributed by atoms with van der Waals surface area (Å²) in [7, 11) is 0. The zero-order valence-corrected chi connectivity index (χ0v) is 10.3. The molecule has 1 aromatic rings. The first-order valence-corrected chi connectivity index (χ1v) is 6.34. The Hall–Kier alpha value is -0.900. The van der Waals surface area contributed by atoms with E-state index in [9.17, 15) is 10.2 Å². The van der Waals surface area contributed by atoms with E-state index < -0.39 is 0 Å². The van der Waals surface area contributed by atoms with E-state index in [4.69, 9.17) is 0 Å². The number of aliphatic hydroxyl groups excluding tert-OH is 2. The lowest BCUT2D eigenvalue weighted by atomic mass is 10.0. The average molecular weight is 235 g/mol. The van der Waals surface area contributed by atoms with E-state index in [0.29, 0.717) is 13.0 Å². The highest BCUT2D eigenvalue weighted by atomic mass is 16.3. The van der Waals surface area contributed by atoms with Gasteiger partial charge in [0.1, 0.15) is 0 Å². The number of nitrogens with zero attached hydrogens (tertiary/aromatic N) is 1. The Labute approximate surface area is 103 Å². The molecule has 1 aliphatic heterocycles. The van der Waals surface area contributed by atoms with E-state index in [2.05, 4.69) is 36.1 Å². The topological polar surface area (TPSA) is 43.7 Å². The SMILES string of the molecule is CCc1ccccc1CN1C[C@@H](O)C[C@H]1CO. The minimum absolute atomic E-state index is 0.106. The molecule has 1 fully saturated rings. The van der Waals surface area contributed by atoms with Gasteiger partial charge in [0, 0.05) is 19.1 Å². The van der Waals surface area contributed by atoms with Gasteiger partial charge < -0.3 is 10.2 Å². The molecule has 0 unspecified atom stereocenters. The molecule has 0 spiro atoms. The molecule has 17 heavy (non-hydrogen) atoms. The molecule has 1 saturated heterocycles. The summed E-state index contributed by atoms with van der Waals surface area (Å²) in [5.74, 6) is 0. The quantitative estimate of drug-likeness (QED) is 0.823. The number of rotatable bonds is 4. The molecule has 0 bridgehead atoms. The number of hydrogen-bond donors (Lipinski definition) is 2. The normalized spacial score (nSPS) is 25.4. The fourth-order valence-electron chi connectivity index (χ4n) is 2.62. The Morgan fingerprint density at radius 2 is 2.00 bits per heavy atom. The summed E-state index contributed by atoms with van der Waals surface area (Å²) in [4.78, 5) is 2.18. The first-order chi connectivity index (χ1) is 8.24. The van der Waals surface area contributed by atoms with Crippen molar-refractivity contribution in [3.05, 3.63) is 35.4 Å². The van der Waals surface area contributed by atoms with Crippen LogP contribution in [0.4, 0.5) is 0 Å². The van der Waals surface area contributed by atoms with Crippen molar-refractivity contribution < 1.29 is 10.2 Å². The van der Waals surface area contributed by atoms with Crippen molar-refractivity contribution in [2.24, 2.45) is 0 Å². The van der Waals surface area contributed by atoms with Crippen LogP contribution in [0.5, 0.6) is 0 Å². The third kappa shape index (κ3) is 2.86. The van der Waals surface area contributed by atoms with Gasteiger partial charge in [-0.1, -0.05) is 31.2 Å². The molecule has 2 rings (SSSR count). The number of hydrogen-bond acceptors (Lipinski definition) is 3. The van der Waals surface area contributed by atoms with Gasteiger partial charge in [-0.05, 0) is 24.0 Å². The summed E-state index contributed by atoms with van der Waals surface area (Å²) >= 11 is 0. The van der Waals surface area contributed by atoms with E-state index in [1.807, 2.05) is 0 Å². The lowest BCUT2D eigenvalue weighted by molar-refractivity contribution is 0.149. The Bertz CT molecular complexity index is 367. The molecular formula is C14H21NO2. The van der Waals surface area contributed by atoms with Crippen molar-refractivity contribution >= 4 is 0 Å². The highest BCUT2D eigenvalue weighted by Crippen LogP contribution is 2.21. The van der Waals surface area contributed by atoms with Crippen LogP contribution in [0.25, 0.3) is 0 Å². The molecule has 1 aliphatic rings. The van der Waals surface area contributed by atoms with Crippen molar-refractivity contribution in [2.45, 2.75) is 38.5 Å². The Morgan fingerprint density at radius 1 is 1.29 bits per heavy atom. The molecule has 2 atom stereocenters. The van der Waals surface area contributed by atoms with Crippen LogP contribution in [-0.4, -0.2) is 40.4 Å². The van der Waals surface area contributed by atoms with Crippen molar-refractivity contribution in [1.29, 1.82) is 0 Å². The summed E-state index contributed by atoms with van der Waals surface area (Å²) in [6, 6.07) is 8.50. The highest BCUT2D eigenvalue weighted by molar-refractivity contribution is 5.27. The lowest BCUT2D eigenvalue weighted by Crippen LogP contribution is -2.32. The fourth-order valence-corrected chi connectivity index (χ4v) is 2.62. The molecule has 0 amide bonds. The minimum atomic E-state index is -0.291. The summed E-state index contributed by atoms with van der Waals surface area (Å²) in [5.41, 5.74) is 2.66. The molecule has 0 aromatic heterocycles. The van der Waals surface area contributed by atoms with Gasteiger partial charge in [-0.2, -0.15) is 0 Å². The van der Waals surface area contributed by atoms with Crippen molar-refractivity contribution in [1.82, 2.24) is 4.90 Å². The lowest BCUT2D eigenvalue weighted by Gasteiger charge is -2.23. The zero-order chi connectivity index (χ0) is 12.3. The van der Waals surface area contributed by atoms with Gasteiger partial charge in [-0.15, -0.1) is 0 Å². The smallest absolute Gasteiger partial charge is 0.0683 e.